The third-order valence-corrected chi connectivity index (χ3v) is 3.44. The zero-order chi connectivity index (χ0) is 16.5. The van der Waals surface area contributed by atoms with Crippen LogP contribution in [0.25, 0.3) is 0 Å². The average Bonchev–Trinajstić information content (AvgIpc) is 2.55. The van der Waals surface area contributed by atoms with Crippen LogP contribution in [0.2, 0.25) is 0 Å². The van der Waals surface area contributed by atoms with Gasteiger partial charge in [-0.05, 0) is 35.4 Å². The molecule has 0 unspecified atom stereocenters. The molecule has 118 valence electrons. The molecule has 2 rings (SSSR count). The predicted octanol–water partition coefficient (Wildman–Crippen LogP) is 3.71. The summed E-state index contributed by atoms with van der Waals surface area (Å²) < 4.78 is 6.43. The van der Waals surface area contributed by atoms with E-state index in [0.29, 0.717) is 6.61 Å². The molecule has 0 heterocycles. The molecule has 1 N–H and O–H groups in total. The van der Waals surface area contributed by atoms with Crippen molar-refractivity contribution in [3.05, 3.63) is 76.8 Å². The summed E-state index contributed by atoms with van der Waals surface area (Å²) in [5.41, 5.74) is 4.29. The Labute approximate surface area is 144 Å². The highest BCUT2D eigenvalue weighted by Crippen LogP contribution is 2.12. The van der Waals surface area contributed by atoms with Crippen LogP contribution in [0.5, 0.6) is 5.75 Å². The van der Waals surface area contributed by atoms with Crippen LogP contribution in [-0.2, 0) is 11.2 Å². The van der Waals surface area contributed by atoms with Crippen LogP contribution in [-0.4, -0.2) is 18.7 Å². The first-order valence-corrected chi connectivity index (χ1v) is 7.87. The van der Waals surface area contributed by atoms with Crippen molar-refractivity contribution in [2.45, 2.75) is 6.42 Å². The van der Waals surface area contributed by atoms with E-state index in [9.17, 15) is 4.79 Å². The van der Waals surface area contributed by atoms with Gasteiger partial charge < -0.3 is 4.74 Å². The second kappa shape index (κ2) is 8.90. The van der Waals surface area contributed by atoms with Gasteiger partial charge in [0, 0.05) is 4.47 Å². The Hall–Kier alpha value is -2.40. The fourth-order valence-electron chi connectivity index (χ4n) is 1.85. The maximum atomic E-state index is 11.8. The molecule has 0 aromatic heterocycles. The van der Waals surface area contributed by atoms with Gasteiger partial charge in [-0.2, -0.15) is 5.10 Å². The monoisotopic (exact) mass is 372 g/mol. The molecule has 2 aromatic carbocycles. The molecule has 0 spiro atoms. The molecule has 0 fully saturated rings. The number of benzene rings is 2. The first-order valence-electron chi connectivity index (χ1n) is 7.07. The maximum Gasteiger partial charge on any atom is 0.244 e. The lowest BCUT2D eigenvalue weighted by atomic mass is 10.1. The number of hydrogen-bond donors (Lipinski definition) is 1. The molecular weight excluding hydrogens is 356 g/mol. The van der Waals surface area contributed by atoms with Crippen molar-refractivity contribution in [2.75, 3.05) is 6.61 Å². The van der Waals surface area contributed by atoms with Gasteiger partial charge in [-0.3, -0.25) is 4.79 Å². The lowest BCUT2D eigenvalue weighted by Crippen LogP contribution is -2.19. The largest absolute Gasteiger partial charge is 0.490 e. The minimum atomic E-state index is -0.164. The number of nitrogens with zero attached hydrogens (tertiary/aromatic N) is 1. The molecule has 5 heteroatoms. The molecule has 0 bridgehead atoms. The van der Waals surface area contributed by atoms with Gasteiger partial charge in [-0.25, -0.2) is 5.43 Å². The third kappa shape index (κ3) is 6.08. The van der Waals surface area contributed by atoms with Crippen molar-refractivity contribution in [1.82, 2.24) is 5.43 Å². The quantitative estimate of drug-likeness (QED) is 0.457. The van der Waals surface area contributed by atoms with Gasteiger partial charge >= 0.3 is 0 Å². The fraction of sp³-hybridized carbons (Fsp3) is 0.111. The van der Waals surface area contributed by atoms with Crippen LogP contribution in [0.4, 0.5) is 0 Å². The van der Waals surface area contributed by atoms with E-state index in [-0.39, 0.29) is 12.3 Å². The van der Waals surface area contributed by atoms with Crippen molar-refractivity contribution in [3.63, 3.8) is 0 Å². The summed E-state index contributed by atoms with van der Waals surface area (Å²) in [5.74, 6) is 0.567. The van der Waals surface area contributed by atoms with Gasteiger partial charge in [0.15, 0.2) is 0 Å². The highest BCUT2D eigenvalue weighted by molar-refractivity contribution is 9.10. The lowest BCUT2D eigenvalue weighted by molar-refractivity contribution is -0.120. The number of hydrazone groups is 1. The third-order valence-electron chi connectivity index (χ3n) is 2.91. The highest BCUT2D eigenvalue weighted by atomic mass is 79.9. The molecule has 0 radical (unpaired) electrons. The van der Waals surface area contributed by atoms with Crippen LogP contribution < -0.4 is 10.2 Å². The van der Waals surface area contributed by atoms with Crippen LogP contribution >= 0.6 is 15.9 Å². The van der Waals surface area contributed by atoms with Crippen molar-refractivity contribution in [3.8, 4) is 5.75 Å². The zero-order valence-electron chi connectivity index (χ0n) is 12.5. The van der Waals surface area contributed by atoms with Crippen molar-refractivity contribution >= 4 is 28.1 Å². The van der Waals surface area contributed by atoms with Crippen molar-refractivity contribution in [1.29, 1.82) is 0 Å². The van der Waals surface area contributed by atoms with E-state index < -0.39 is 0 Å². The normalized spacial score (nSPS) is 10.5. The van der Waals surface area contributed by atoms with Crippen LogP contribution in [0, 0.1) is 0 Å². The smallest absolute Gasteiger partial charge is 0.244 e. The molecule has 0 aliphatic heterocycles. The molecule has 4 nitrogen and oxygen atoms in total. The Bertz CT molecular complexity index is 696. The van der Waals surface area contributed by atoms with E-state index >= 15 is 0 Å². The number of nitrogens with one attached hydrogen (secondary N) is 1. The van der Waals surface area contributed by atoms with E-state index in [2.05, 4.69) is 33.0 Å². The van der Waals surface area contributed by atoms with E-state index in [1.165, 1.54) is 0 Å². The minimum absolute atomic E-state index is 0.164. The number of amides is 1. The lowest BCUT2D eigenvalue weighted by Gasteiger charge is -2.03. The van der Waals surface area contributed by atoms with Crippen LogP contribution in [0.3, 0.4) is 0 Å². The van der Waals surface area contributed by atoms with Gasteiger partial charge in [-0.15, -0.1) is 0 Å². The number of halogens is 1. The number of carbonyl (C=O) groups is 1. The Kier molecular flexibility index (Phi) is 6.56. The molecule has 0 aliphatic carbocycles. The van der Waals surface area contributed by atoms with Gasteiger partial charge in [0.2, 0.25) is 5.91 Å². The Morgan fingerprint density at radius 2 is 2.04 bits per heavy atom. The van der Waals surface area contributed by atoms with E-state index in [4.69, 9.17) is 4.74 Å². The summed E-state index contributed by atoms with van der Waals surface area (Å²) in [6.45, 7) is 4.05. The standard InChI is InChI=1S/C18H17BrN2O2/c1-2-10-23-17-5-3-4-15(11-17)13-20-21-18(22)12-14-6-8-16(19)9-7-14/h2-9,11,13H,1,10,12H2,(H,21,22)/b20-13-. The van der Waals surface area contributed by atoms with Gasteiger partial charge in [-0.1, -0.05) is 52.9 Å². The summed E-state index contributed by atoms with van der Waals surface area (Å²) >= 11 is 3.36. The number of hydrogen-bond acceptors (Lipinski definition) is 3. The average molecular weight is 373 g/mol. The molecule has 0 atom stereocenters. The second-order valence-corrected chi connectivity index (χ2v) is 5.68. The Balaban J connectivity index is 1.86. The fourth-order valence-corrected chi connectivity index (χ4v) is 2.11. The van der Waals surface area contributed by atoms with Crippen molar-refractivity contribution in [2.24, 2.45) is 5.10 Å². The van der Waals surface area contributed by atoms with E-state index in [1.807, 2.05) is 48.5 Å². The number of ether oxygens (including phenoxy) is 1. The summed E-state index contributed by atoms with van der Waals surface area (Å²) in [7, 11) is 0. The van der Waals surface area contributed by atoms with Gasteiger partial charge in [0.05, 0.1) is 12.6 Å². The molecule has 1 amide bonds. The first-order chi connectivity index (χ1) is 11.2. The molecule has 23 heavy (non-hydrogen) atoms. The first kappa shape index (κ1) is 17.0. The zero-order valence-corrected chi connectivity index (χ0v) is 14.1. The summed E-state index contributed by atoms with van der Waals surface area (Å²) in [5, 5.41) is 3.97. The number of rotatable bonds is 7. The second-order valence-electron chi connectivity index (χ2n) is 4.77. The highest BCUT2D eigenvalue weighted by Gasteiger charge is 2.01. The molecule has 0 saturated heterocycles. The Morgan fingerprint density at radius 1 is 1.26 bits per heavy atom. The van der Waals surface area contributed by atoms with E-state index in [0.717, 1.165) is 21.3 Å². The molecule has 0 aliphatic rings. The van der Waals surface area contributed by atoms with Crippen LogP contribution in [0.1, 0.15) is 11.1 Å². The summed E-state index contributed by atoms with van der Waals surface area (Å²) in [4.78, 5) is 11.8. The maximum absolute atomic E-state index is 11.8. The Morgan fingerprint density at radius 3 is 2.78 bits per heavy atom. The van der Waals surface area contributed by atoms with Gasteiger partial charge in [0.1, 0.15) is 12.4 Å². The SMILES string of the molecule is C=CCOc1cccc(/C=N\NC(=O)Cc2ccc(Br)cc2)c1. The van der Waals surface area contributed by atoms with E-state index in [1.54, 1.807) is 12.3 Å². The van der Waals surface area contributed by atoms with Crippen LogP contribution in [0.15, 0.2) is 70.8 Å². The number of carbonyl (C=O) groups excluding carboxylic acids is 1. The molecule has 0 saturated carbocycles. The molecular formula is C18H17BrN2O2. The topological polar surface area (TPSA) is 50.7 Å². The molecule has 2 aromatic rings. The predicted molar refractivity (Wildman–Crippen MR) is 95.7 cm³/mol. The summed E-state index contributed by atoms with van der Waals surface area (Å²) in [6, 6.07) is 15.0. The van der Waals surface area contributed by atoms with Gasteiger partial charge in [0.25, 0.3) is 0 Å². The summed E-state index contributed by atoms with van der Waals surface area (Å²) in [6.07, 6.45) is 3.55. The minimum Gasteiger partial charge on any atom is -0.490 e. The van der Waals surface area contributed by atoms with Crippen molar-refractivity contribution < 1.29 is 9.53 Å².